The average Bonchev–Trinajstić information content (AvgIpc) is 2.59. The van der Waals surface area contributed by atoms with Gasteiger partial charge in [0.1, 0.15) is 17.3 Å². The van der Waals surface area contributed by atoms with Crippen LogP contribution in [-0.4, -0.2) is 34.4 Å². The number of rotatable bonds is 7. The maximum absolute atomic E-state index is 12.8. The molecule has 0 spiro atoms. The van der Waals surface area contributed by atoms with E-state index in [2.05, 4.69) is 22.2 Å². The predicted octanol–water partition coefficient (Wildman–Crippen LogP) is 3.10. The van der Waals surface area contributed by atoms with Gasteiger partial charge in [-0.05, 0) is 24.1 Å². The van der Waals surface area contributed by atoms with E-state index >= 15 is 0 Å². The maximum Gasteiger partial charge on any atom is 0.273 e. The Balaban J connectivity index is 1.91. The smallest absolute Gasteiger partial charge is 0.273 e. The van der Waals surface area contributed by atoms with Crippen molar-refractivity contribution in [3.05, 3.63) is 53.7 Å². The Morgan fingerprint density at radius 1 is 1.22 bits per heavy atom. The molecule has 1 aromatic carbocycles. The van der Waals surface area contributed by atoms with E-state index in [0.29, 0.717) is 24.6 Å². The highest BCUT2D eigenvalue weighted by atomic mass is 19.1. The minimum absolute atomic E-state index is 0.129. The molecule has 0 atom stereocenters. The number of carbonyl (C=O) groups is 1. The summed E-state index contributed by atoms with van der Waals surface area (Å²) in [6, 6.07) is 6.24. The maximum atomic E-state index is 12.8. The van der Waals surface area contributed by atoms with Gasteiger partial charge in [0.2, 0.25) is 0 Å². The van der Waals surface area contributed by atoms with Gasteiger partial charge in [-0.2, -0.15) is 0 Å². The van der Waals surface area contributed by atoms with Crippen LogP contribution in [0.4, 0.5) is 10.2 Å². The number of hydrogen-bond acceptors (Lipinski definition) is 4. The molecule has 1 heterocycles. The monoisotopic (exact) mass is 316 g/mol. The quantitative estimate of drug-likeness (QED) is 0.853. The second-order valence-electron chi connectivity index (χ2n) is 5.35. The van der Waals surface area contributed by atoms with Gasteiger partial charge in [0.25, 0.3) is 5.91 Å². The second kappa shape index (κ2) is 8.22. The fraction of sp³-hybridized carbons (Fsp3) is 0.353. The van der Waals surface area contributed by atoms with Crippen molar-refractivity contribution >= 4 is 11.7 Å². The minimum atomic E-state index is -0.261. The third-order valence-corrected chi connectivity index (χ3v) is 3.45. The summed E-state index contributed by atoms with van der Waals surface area (Å²) in [5.41, 5.74) is 1.27. The lowest BCUT2D eigenvalue weighted by molar-refractivity contribution is 0.0787. The highest BCUT2D eigenvalue weighted by Crippen LogP contribution is 2.08. The van der Waals surface area contributed by atoms with E-state index in [9.17, 15) is 9.18 Å². The van der Waals surface area contributed by atoms with Crippen molar-refractivity contribution in [2.24, 2.45) is 0 Å². The molecular weight excluding hydrogens is 295 g/mol. The minimum Gasteiger partial charge on any atom is -0.365 e. The second-order valence-corrected chi connectivity index (χ2v) is 5.35. The fourth-order valence-corrected chi connectivity index (χ4v) is 2.02. The van der Waals surface area contributed by atoms with Crippen molar-refractivity contribution < 1.29 is 9.18 Å². The van der Waals surface area contributed by atoms with Gasteiger partial charge < -0.3 is 10.2 Å². The topological polar surface area (TPSA) is 58.1 Å². The molecule has 0 aliphatic carbocycles. The van der Waals surface area contributed by atoms with E-state index in [1.165, 1.54) is 24.5 Å². The zero-order chi connectivity index (χ0) is 16.7. The molecule has 0 saturated heterocycles. The number of amides is 1. The van der Waals surface area contributed by atoms with Crippen molar-refractivity contribution in [2.75, 3.05) is 18.9 Å². The van der Waals surface area contributed by atoms with Crippen LogP contribution < -0.4 is 5.32 Å². The summed E-state index contributed by atoms with van der Waals surface area (Å²) in [5.74, 6) is 0.182. The first kappa shape index (κ1) is 16.9. The molecule has 0 radical (unpaired) electrons. The molecule has 122 valence electrons. The van der Waals surface area contributed by atoms with Gasteiger partial charge >= 0.3 is 0 Å². The lowest BCUT2D eigenvalue weighted by atomic mass is 10.2. The number of benzene rings is 1. The molecule has 23 heavy (non-hydrogen) atoms. The van der Waals surface area contributed by atoms with Crippen LogP contribution in [0.25, 0.3) is 0 Å². The van der Waals surface area contributed by atoms with Crippen LogP contribution in [0.3, 0.4) is 0 Å². The van der Waals surface area contributed by atoms with Gasteiger partial charge in [0.05, 0.1) is 12.4 Å². The zero-order valence-electron chi connectivity index (χ0n) is 13.4. The predicted molar refractivity (Wildman–Crippen MR) is 87.6 cm³/mol. The first-order valence-electron chi connectivity index (χ1n) is 7.66. The van der Waals surface area contributed by atoms with Crippen LogP contribution in [0.1, 0.15) is 35.8 Å². The standard InChI is InChI=1S/C17H21FN4O/c1-3-4-9-22(2)17(23)15-11-21-16(12-19-15)20-10-13-5-7-14(18)8-6-13/h5-8,11-12H,3-4,9-10H2,1-2H3,(H,20,21). The summed E-state index contributed by atoms with van der Waals surface area (Å²) in [4.78, 5) is 22.2. The first-order valence-corrected chi connectivity index (χ1v) is 7.66. The molecule has 0 aliphatic rings. The van der Waals surface area contributed by atoms with E-state index in [0.717, 1.165) is 18.4 Å². The summed E-state index contributed by atoms with van der Waals surface area (Å²) in [6.07, 6.45) is 5.00. The molecule has 5 nitrogen and oxygen atoms in total. The van der Waals surface area contributed by atoms with Crippen molar-refractivity contribution in [3.63, 3.8) is 0 Å². The largest absolute Gasteiger partial charge is 0.365 e. The first-order chi connectivity index (χ1) is 11.1. The fourth-order valence-electron chi connectivity index (χ4n) is 2.02. The lowest BCUT2D eigenvalue weighted by Crippen LogP contribution is -2.28. The highest BCUT2D eigenvalue weighted by Gasteiger charge is 2.12. The summed E-state index contributed by atoms with van der Waals surface area (Å²) in [5, 5.41) is 3.09. The van der Waals surface area contributed by atoms with E-state index in [-0.39, 0.29) is 11.7 Å². The summed E-state index contributed by atoms with van der Waals surface area (Å²) >= 11 is 0. The van der Waals surface area contributed by atoms with Gasteiger partial charge in [0.15, 0.2) is 0 Å². The number of nitrogens with one attached hydrogen (secondary N) is 1. The molecule has 6 heteroatoms. The van der Waals surface area contributed by atoms with E-state index in [1.54, 1.807) is 24.1 Å². The normalized spacial score (nSPS) is 10.4. The van der Waals surface area contributed by atoms with Crippen molar-refractivity contribution in [1.29, 1.82) is 0 Å². The van der Waals surface area contributed by atoms with E-state index in [4.69, 9.17) is 0 Å². The van der Waals surface area contributed by atoms with Gasteiger partial charge in [-0.25, -0.2) is 14.4 Å². The number of unbranched alkanes of at least 4 members (excludes halogenated alkanes) is 1. The van der Waals surface area contributed by atoms with Crippen molar-refractivity contribution in [2.45, 2.75) is 26.3 Å². The molecule has 0 aliphatic heterocycles. The van der Waals surface area contributed by atoms with Crippen LogP contribution in [0, 0.1) is 5.82 Å². The molecule has 1 N–H and O–H groups in total. The van der Waals surface area contributed by atoms with Gasteiger partial charge in [-0.3, -0.25) is 4.79 Å². The van der Waals surface area contributed by atoms with Crippen LogP contribution in [0.2, 0.25) is 0 Å². The summed E-state index contributed by atoms with van der Waals surface area (Å²) in [7, 11) is 1.76. The molecular formula is C17H21FN4O. The Morgan fingerprint density at radius 2 is 1.96 bits per heavy atom. The molecule has 0 fully saturated rings. The molecule has 1 aromatic heterocycles. The summed E-state index contributed by atoms with van der Waals surface area (Å²) < 4.78 is 12.8. The molecule has 2 rings (SSSR count). The Kier molecular flexibility index (Phi) is 6.02. The van der Waals surface area contributed by atoms with Crippen molar-refractivity contribution in [3.8, 4) is 0 Å². The van der Waals surface area contributed by atoms with Crippen LogP contribution in [0.5, 0.6) is 0 Å². The Labute approximate surface area is 135 Å². The molecule has 0 saturated carbocycles. The molecule has 1 amide bonds. The van der Waals surface area contributed by atoms with E-state index in [1.807, 2.05) is 0 Å². The van der Waals surface area contributed by atoms with Crippen LogP contribution in [0.15, 0.2) is 36.7 Å². The number of hydrogen-bond donors (Lipinski definition) is 1. The Bertz CT molecular complexity index is 628. The number of nitrogens with zero attached hydrogens (tertiary/aromatic N) is 3. The van der Waals surface area contributed by atoms with E-state index < -0.39 is 0 Å². The SMILES string of the molecule is CCCCN(C)C(=O)c1cnc(NCc2ccc(F)cc2)cn1. The zero-order valence-corrected chi connectivity index (χ0v) is 13.4. The van der Waals surface area contributed by atoms with Gasteiger partial charge in [-0.15, -0.1) is 0 Å². The highest BCUT2D eigenvalue weighted by molar-refractivity contribution is 5.91. The van der Waals surface area contributed by atoms with Gasteiger partial charge in [0, 0.05) is 20.1 Å². The molecule has 0 unspecified atom stereocenters. The third kappa shape index (κ3) is 5.02. The molecule has 2 aromatic rings. The average molecular weight is 316 g/mol. The lowest BCUT2D eigenvalue weighted by Gasteiger charge is -2.16. The van der Waals surface area contributed by atoms with Gasteiger partial charge in [-0.1, -0.05) is 25.5 Å². The number of halogens is 1. The number of carbonyl (C=O) groups excluding carboxylic acids is 1. The van der Waals surface area contributed by atoms with Crippen molar-refractivity contribution in [1.82, 2.24) is 14.9 Å². The van der Waals surface area contributed by atoms with Crippen LogP contribution >= 0.6 is 0 Å². The van der Waals surface area contributed by atoms with Crippen LogP contribution in [-0.2, 0) is 6.54 Å². The summed E-state index contributed by atoms with van der Waals surface area (Å²) in [6.45, 7) is 3.31. The Morgan fingerprint density at radius 3 is 2.57 bits per heavy atom. The Hall–Kier alpha value is -2.50. The third-order valence-electron chi connectivity index (χ3n) is 3.45. The molecule has 0 bridgehead atoms. The number of aromatic nitrogens is 2. The number of anilines is 1.